The van der Waals surface area contributed by atoms with Crippen molar-refractivity contribution in [2.75, 3.05) is 0 Å². The molecule has 0 amide bonds. The van der Waals surface area contributed by atoms with Crippen molar-refractivity contribution in [3.63, 3.8) is 0 Å². The smallest absolute Gasteiger partial charge is 0.162 e. The third-order valence-electron chi connectivity index (χ3n) is 2.00. The third-order valence-corrected chi connectivity index (χ3v) is 2.28. The second kappa shape index (κ2) is 4.31. The van der Waals surface area contributed by atoms with E-state index in [1.54, 1.807) is 18.5 Å². The number of aromatic nitrogens is 4. The second-order valence-electron chi connectivity index (χ2n) is 3.03. The van der Waals surface area contributed by atoms with E-state index >= 15 is 0 Å². The largest absolute Gasteiger partial charge is 0.244 e. The molecule has 0 spiro atoms. The van der Waals surface area contributed by atoms with Crippen LogP contribution in [0.4, 0.5) is 0 Å². The molecule has 5 heteroatoms. The topological polar surface area (TPSA) is 51.6 Å². The van der Waals surface area contributed by atoms with Crippen LogP contribution in [-0.2, 0) is 5.88 Å². The summed E-state index contributed by atoms with van der Waals surface area (Å²) in [5, 5.41) is 0. The number of hydrogen-bond donors (Lipinski definition) is 0. The van der Waals surface area contributed by atoms with E-state index < -0.39 is 0 Å². The molecule has 0 unspecified atom stereocenters. The Balaban J connectivity index is 2.49. The molecule has 0 saturated heterocycles. The van der Waals surface area contributed by atoms with Gasteiger partial charge >= 0.3 is 0 Å². The van der Waals surface area contributed by atoms with Crippen molar-refractivity contribution < 1.29 is 0 Å². The number of hydrogen-bond acceptors (Lipinski definition) is 4. The van der Waals surface area contributed by atoms with Gasteiger partial charge in [0.05, 0.1) is 22.8 Å². The Morgan fingerprint density at radius 1 is 1.33 bits per heavy atom. The molecule has 2 aromatic rings. The summed E-state index contributed by atoms with van der Waals surface area (Å²) in [5.74, 6) is 0.994. The van der Waals surface area contributed by atoms with Crippen molar-refractivity contribution in [2.24, 2.45) is 0 Å². The SMILES string of the molecule is Cc1ncncc1-c1nccc(CCl)n1. The molecule has 0 aliphatic carbocycles. The van der Waals surface area contributed by atoms with E-state index in [-0.39, 0.29) is 0 Å². The predicted molar refractivity (Wildman–Crippen MR) is 57.4 cm³/mol. The van der Waals surface area contributed by atoms with Crippen LogP contribution in [0.5, 0.6) is 0 Å². The van der Waals surface area contributed by atoms with Crippen LogP contribution in [0.25, 0.3) is 11.4 Å². The summed E-state index contributed by atoms with van der Waals surface area (Å²) in [6.45, 7) is 1.90. The highest BCUT2D eigenvalue weighted by atomic mass is 35.5. The number of rotatable bonds is 2. The Labute approximate surface area is 92.4 Å². The Morgan fingerprint density at radius 2 is 2.20 bits per heavy atom. The van der Waals surface area contributed by atoms with Crippen LogP contribution >= 0.6 is 11.6 Å². The first kappa shape index (κ1) is 9.98. The first-order chi connectivity index (χ1) is 7.31. The summed E-state index contributed by atoms with van der Waals surface area (Å²) in [5.41, 5.74) is 2.49. The highest BCUT2D eigenvalue weighted by Gasteiger charge is 2.06. The van der Waals surface area contributed by atoms with Gasteiger partial charge in [0.15, 0.2) is 5.82 Å². The van der Waals surface area contributed by atoms with Gasteiger partial charge in [-0.05, 0) is 13.0 Å². The summed E-state index contributed by atoms with van der Waals surface area (Å²) < 4.78 is 0. The molecular formula is C10H9ClN4. The number of halogens is 1. The lowest BCUT2D eigenvalue weighted by Crippen LogP contribution is -1.96. The Bertz CT molecular complexity index is 472. The van der Waals surface area contributed by atoms with E-state index in [4.69, 9.17) is 11.6 Å². The minimum Gasteiger partial charge on any atom is -0.244 e. The molecule has 0 N–H and O–H groups in total. The first-order valence-corrected chi connectivity index (χ1v) is 4.99. The number of nitrogens with zero attached hydrogens (tertiary/aromatic N) is 4. The fourth-order valence-electron chi connectivity index (χ4n) is 1.21. The average molecular weight is 221 g/mol. The maximum absolute atomic E-state index is 5.70. The van der Waals surface area contributed by atoms with Gasteiger partial charge in [-0.15, -0.1) is 11.6 Å². The van der Waals surface area contributed by atoms with Crippen molar-refractivity contribution in [1.82, 2.24) is 19.9 Å². The van der Waals surface area contributed by atoms with Gasteiger partial charge in [0.1, 0.15) is 6.33 Å². The zero-order chi connectivity index (χ0) is 10.7. The highest BCUT2D eigenvalue weighted by molar-refractivity contribution is 6.16. The van der Waals surface area contributed by atoms with Gasteiger partial charge in [-0.1, -0.05) is 0 Å². The Morgan fingerprint density at radius 3 is 2.93 bits per heavy atom. The van der Waals surface area contributed by atoms with E-state index in [0.29, 0.717) is 11.7 Å². The zero-order valence-electron chi connectivity index (χ0n) is 8.18. The lowest BCUT2D eigenvalue weighted by Gasteiger charge is -2.03. The van der Waals surface area contributed by atoms with Crippen LogP contribution in [0.2, 0.25) is 0 Å². The average Bonchev–Trinajstić information content (AvgIpc) is 2.30. The standard InChI is InChI=1S/C10H9ClN4/c1-7-9(5-12-6-14-7)10-13-3-2-8(4-11)15-10/h2-3,5-6H,4H2,1H3. The van der Waals surface area contributed by atoms with Gasteiger partial charge in [-0.2, -0.15) is 0 Å². The van der Waals surface area contributed by atoms with E-state index in [0.717, 1.165) is 17.0 Å². The molecule has 0 bridgehead atoms. The maximum atomic E-state index is 5.70. The molecule has 0 aliphatic heterocycles. The molecule has 0 atom stereocenters. The summed E-state index contributed by atoms with van der Waals surface area (Å²) in [4.78, 5) is 16.5. The third kappa shape index (κ3) is 2.10. The lowest BCUT2D eigenvalue weighted by atomic mass is 10.2. The minimum atomic E-state index is 0.377. The summed E-state index contributed by atoms with van der Waals surface area (Å²) >= 11 is 5.70. The van der Waals surface area contributed by atoms with Crippen molar-refractivity contribution >= 4 is 11.6 Å². The highest BCUT2D eigenvalue weighted by Crippen LogP contribution is 2.16. The van der Waals surface area contributed by atoms with E-state index in [1.165, 1.54) is 6.33 Å². The molecule has 2 aromatic heterocycles. The van der Waals surface area contributed by atoms with Crippen LogP contribution in [0, 0.1) is 6.92 Å². The van der Waals surface area contributed by atoms with Crippen LogP contribution in [0.1, 0.15) is 11.4 Å². The molecule has 4 nitrogen and oxygen atoms in total. The predicted octanol–water partition coefficient (Wildman–Crippen LogP) is 1.98. The quantitative estimate of drug-likeness (QED) is 0.727. The molecule has 0 aromatic carbocycles. The first-order valence-electron chi connectivity index (χ1n) is 4.46. The fraction of sp³-hybridized carbons (Fsp3) is 0.200. The van der Waals surface area contributed by atoms with Gasteiger partial charge < -0.3 is 0 Å². The summed E-state index contributed by atoms with van der Waals surface area (Å²) in [6, 6.07) is 1.79. The molecule has 0 aliphatic rings. The van der Waals surface area contributed by atoms with Crippen LogP contribution in [0.15, 0.2) is 24.8 Å². The maximum Gasteiger partial charge on any atom is 0.162 e. The minimum absolute atomic E-state index is 0.377. The van der Waals surface area contributed by atoms with Crippen LogP contribution in [0.3, 0.4) is 0 Å². The van der Waals surface area contributed by atoms with Crippen molar-refractivity contribution in [3.8, 4) is 11.4 Å². The molecule has 0 fully saturated rings. The van der Waals surface area contributed by atoms with E-state index in [1.807, 2.05) is 6.92 Å². The molecule has 2 rings (SSSR count). The van der Waals surface area contributed by atoms with E-state index in [9.17, 15) is 0 Å². The van der Waals surface area contributed by atoms with Crippen molar-refractivity contribution in [2.45, 2.75) is 12.8 Å². The zero-order valence-corrected chi connectivity index (χ0v) is 8.94. The van der Waals surface area contributed by atoms with Gasteiger partial charge in [0.25, 0.3) is 0 Å². The normalized spacial score (nSPS) is 10.3. The van der Waals surface area contributed by atoms with E-state index in [2.05, 4.69) is 19.9 Å². The monoisotopic (exact) mass is 220 g/mol. The summed E-state index contributed by atoms with van der Waals surface area (Å²) in [6.07, 6.45) is 4.90. The lowest BCUT2D eigenvalue weighted by molar-refractivity contribution is 1.05. The fourth-order valence-corrected chi connectivity index (χ4v) is 1.36. The van der Waals surface area contributed by atoms with Gasteiger partial charge in [0, 0.05) is 12.4 Å². The molecule has 15 heavy (non-hydrogen) atoms. The van der Waals surface area contributed by atoms with Crippen LogP contribution < -0.4 is 0 Å². The number of aryl methyl sites for hydroxylation is 1. The summed E-state index contributed by atoms with van der Waals surface area (Å²) in [7, 11) is 0. The number of alkyl halides is 1. The van der Waals surface area contributed by atoms with Gasteiger partial charge in [0.2, 0.25) is 0 Å². The Kier molecular flexibility index (Phi) is 2.87. The second-order valence-corrected chi connectivity index (χ2v) is 3.29. The van der Waals surface area contributed by atoms with Gasteiger partial charge in [-0.3, -0.25) is 0 Å². The molecular weight excluding hydrogens is 212 g/mol. The van der Waals surface area contributed by atoms with Crippen molar-refractivity contribution in [1.29, 1.82) is 0 Å². The van der Waals surface area contributed by atoms with Crippen LogP contribution in [-0.4, -0.2) is 19.9 Å². The van der Waals surface area contributed by atoms with Gasteiger partial charge in [-0.25, -0.2) is 19.9 Å². The molecule has 0 radical (unpaired) electrons. The molecule has 76 valence electrons. The van der Waals surface area contributed by atoms with Crippen molar-refractivity contribution in [3.05, 3.63) is 36.2 Å². The molecule has 0 saturated carbocycles. The Hall–Kier alpha value is -1.55. The molecule has 2 heterocycles.